The van der Waals surface area contributed by atoms with E-state index in [1.165, 1.54) is 0 Å². The number of nitrogens with zero attached hydrogens (tertiary/aromatic N) is 2. The molecule has 0 aromatic heterocycles. The summed E-state index contributed by atoms with van der Waals surface area (Å²) in [4.78, 5) is 45.2. The van der Waals surface area contributed by atoms with Gasteiger partial charge in [-0.2, -0.15) is 0 Å². The number of rotatable bonds is 13. The highest BCUT2D eigenvalue weighted by Crippen LogP contribution is 2.59. The van der Waals surface area contributed by atoms with E-state index in [0.29, 0.717) is 32.4 Å². The predicted octanol–water partition coefficient (Wildman–Crippen LogP) is 3.38. The molecule has 8 heteroatoms. The van der Waals surface area contributed by atoms with E-state index in [9.17, 15) is 19.5 Å². The van der Waals surface area contributed by atoms with Gasteiger partial charge in [0.05, 0.1) is 37.2 Å². The molecule has 8 nitrogen and oxygen atoms in total. The van der Waals surface area contributed by atoms with Crippen molar-refractivity contribution < 1.29 is 29.0 Å². The first-order valence-electron chi connectivity index (χ1n) is 14.2. The van der Waals surface area contributed by atoms with Crippen molar-refractivity contribution in [3.8, 4) is 0 Å². The van der Waals surface area contributed by atoms with Crippen LogP contribution in [0.25, 0.3) is 0 Å². The van der Waals surface area contributed by atoms with Crippen LogP contribution in [0, 0.1) is 11.8 Å². The van der Waals surface area contributed by atoms with Crippen LogP contribution in [0.4, 0.5) is 0 Å². The molecule has 2 bridgehead atoms. The van der Waals surface area contributed by atoms with Gasteiger partial charge in [-0.3, -0.25) is 14.4 Å². The fourth-order valence-corrected chi connectivity index (χ4v) is 7.21. The SMILES string of the molecule is C=CCCCCOC(=O)[C@@H]1[C@@H]2CCC3(O2)C(C(=O)N(CC=C)C2CCCCC2)N([C@@H](CC)CO)C(=O)[C@H]13. The maximum Gasteiger partial charge on any atom is 0.312 e. The number of unbranched alkanes of at least 4 members (excludes halogenated alkanes) is 2. The number of hydrogen-bond acceptors (Lipinski definition) is 6. The highest BCUT2D eigenvalue weighted by Gasteiger charge is 2.75. The summed E-state index contributed by atoms with van der Waals surface area (Å²) in [6, 6.07) is -1.29. The highest BCUT2D eigenvalue weighted by atomic mass is 16.6. The molecule has 3 aliphatic heterocycles. The van der Waals surface area contributed by atoms with Crippen LogP contribution in [0.2, 0.25) is 0 Å². The normalized spacial score (nSPS) is 31.7. The summed E-state index contributed by atoms with van der Waals surface area (Å²) >= 11 is 0. The van der Waals surface area contributed by atoms with Gasteiger partial charge in [-0.25, -0.2) is 0 Å². The van der Waals surface area contributed by atoms with E-state index in [2.05, 4.69) is 13.2 Å². The molecule has 3 saturated heterocycles. The van der Waals surface area contributed by atoms with Crippen LogP contribution in [-0.2, 0) is 23.9 Å². The third kappa shape index (κ3) is 4.99. The summed E-state index contributed by atoms with van der Waals surface area (Å²) in [7, 11) is 0. The minimum atomic E-state index is -1.07. The van der Waals surface area contributed by atoms with Crippen molar-refractivity contribution >= 4 is 17.8 Å². The second-order valence-electron chi connectivity index (χ2n) is 11.1. The summed E-state index contributed by atoms with van der Waals surface area (Å²) in [5.41, 5.74) is -1.07. The molecule has 0 aromatic carbocycles. The van der Waals surface area contributed by atoms with Gasteiger partial charge in [0.25, 0.3) is 0 Å². The zero-order valence-corrected chi connectivity index (χ0v) is 22.3. The molecule has 0 radical (unpaired) electrons. The van der Waals surface area contributed by atoms with Gasteiger partial charge in [-0.15, -0.1) is 13.2 Å². The summed E-state index contributed by atoms with van der Waals surface area (Å²) in [5.74, 6) is -2.31. The fraction of sp³-hybridized carbons (Fsp3) is 0.759. The van der Waals surface area contributed by atoms with Gasteiger partial charge >= 0.3 is 5.97 Å². The molecule has 2 amide bonds. The molecule has 6 atom stereocenters. The van der Waals surface area contributed by atoms with Gasteiger partial charge in [-0.1, -0.05) is 38.3 Å². The van der Waals surface area contributed by atoms with Crippen molar-refractivity contribution in [3.63, 3.8) is 0 Å². The van der Waals surface area contributed by atoms with E-state index in [1.807, 2.05) is 17.9 Å². The molecule has 206 valence electrons. The lowest BCUT2D eigenvalue weighted by Gasteiger charge is -2.42. The fourth-order valence-electron chi connectivity index (χ4n) is 7.21. The molecule has 1 saturated carbocycles. The summed E-state index contributed by atoms with van der Waals surface area (Å²) in [5, 5.41) is 10.2. The van der Waals surface area contributed by atoms with Crippen LogP contribution in [0.3, 0.4) is 0 Å². The standard InChI is InChI=1S/C29H44N2O6/c1-4-7-8-12-18-36-28(35)23-22-15-16-29(37-22)24(23)26(33)31(20(6-3)19-32)25(29)27(34)30(17-5-2)21-13-10-9-11-14-21/h4-5,20-25,32H,1-2,6-19H2,3H3/t20-,22-,23+,24-,25?,29?/m0/s1. The zero-order valence-electron chi connectivity index (χ0n) is 22.3. The minimum absolute atomic E-state index is 0.0933. The van der Waals surface area contributed by atoms with Crippen LogP contribution in [0.5, 0.6) is 0 Å². The number of aliphatic hydroxyl groups is 1. The second kappa shape index (κ2) is 12.1. The topological polar surface area (TPSA) is 96.4 Å². The van der Waals surface area contributed by atoms with Crippen LogP contribution in [0.1, 0.15) is 77.6 Å². The smallest absolute Gasteiger partial charge is 0.312 e. The molecule has 37 heavy (non-hydrogen) atoms. The number of carbonyl (C=O) groups excluding carboxylic acids is 3. The molecule has 2 unspecified atom stereocenters. The largest absolute Gasteiger partial charge is 0.465 e. The quantitative estimate of drug-likeness (QED) is 0.229. The maximum atomic E-state index is 14.4. The molecule has 4 fully saturated rings. The van der Waals surface area contributed by atoms with Crippen LogP contribution in [0.15, 0.2) is 25.3 Å². The molecule has 4 rings (SSSR count). The van der Waals surface area contributed by atoms with Gasteiger partial charge in [0.1, 0.15) is 11.6 Å². The molecule has 1 spiro atoms. The number of fused-ring (bicyclic) bond motifs is 1. The van der Waals surface area contributed by atoms with Crippen molar-refractivity contribution in [2.75, 3.05) is 19.8 Å². The molecule has 4 aliphatic rings. The Labute approximate surface area is 221 Å². The predicted molar refractivity (Wildman–Crippen MR) is 139 cm³/mol. The Kier molecular flexibility index (Phi) is 9.11. The monoisotopic (exact) mass is 516 g/mol. The first-order chi connectivity index (χ1) is 17.9. The summed E-state index contributed by atoms with van der Waals surface area (Å²) < 4.78 is 12.1. The lowest BCUT2D eigenvalue weighted by molar-refractivity contribution is -0.157. The Morgan fingerprint density at radius 2 is 1.97 bits per heavy atom. The first-order valence-corrected chi connectivity index (χ1v) is 14.2. The molecular weight excluding hydrogens is 472 g/mol. The number of allylic oxidation sites excluding steroid dienone is 1. The lowest BCUT2D eigenvalue weighted by Crippen LogP contribution is -2.60. The number of esters is 1. The number of aliphatic hydroxyl groups excluding tert-OH is 1. The number of hydrogen-bond donors (Lipinski definition) is 1. The van der Waals surface area contributed by atoms with Crippen molar-refractivity contribution in [1.29, 1.82) is 0 Å². The second-order valence-corrected chi connectivity index (χ2v) is 11.1. The van der Waals surface area contributed by atoms with Crippen LogP contribution >= 0.6 is 0 Å². The first kappa shape index (κ1) is 27.8. The van der Waals surface area contributed by atoms with E-state index >= 15 is 0 Å². The number of ether oxygens (including phenoxy) is 2. The van der Waals surface area contributed by atoms with Gasteiger partial charge in [0, 0.05) is 12.6 Å². The molecule has 1 aliphatic carbocycles. The van der Waals surface area contributed by atoms with Crippen molar-refractivity contribution in [3.05, 3.63) is 25.3 Å². The van der Waals surface area contributed by atoms with Gasteiger partial charge in [-0.05, 0) is 51.4 Å². The van der Waals surface area contributed by atoms with E-state index < -0.39 is 41.6 Å². The molecule has 0 aromatic rings. The van der Waals surface area contributed by atoms with Gasteiger partial charge in [0.15, 0.2) is 0 Å². The maximum absolute atomic E-state index is 14.4. The van der Waals surface area contributed by atoms with E-state index in [-0.39, 0.29) is 24.5 Å². The molecular formula is C29H44N2O6. The average Bonchev–Trinajstić information content (AvgIpc) is 3.56. The third-order valence-electron chi connectivity index (χ3n) is 8.99. The third-order valence-corrected chi connectivity index (χ3v) is 8.99. The van der Waals surface area contributed by atoms with E-state index in [1.54, 1.807) is 11.0 Å². The Hall–Kier alpha value is -2.19. The molecule has 3 heterocycles. The Morgan fingerprint density at radius 1 is 1.22 bits per heavy atom. The summed E-state index contributed by atoms with van der Waals surface area (Å²) in [6.45, 7) is 9.95. The van der Waals surface area contributed by atoms with Crippen molar-refractivity contribution in [2.45, 2.75) is 107 Å². The van der Waals surface area contributed by atoms with Crippen molar-refractivity contribution in [2.24, 2.45) is 11.8 Å². The van der Waals surface area contributed by atoms with Crippen LogP contribution in [-0.4, -0.2) is 82.3 Å². The highest BCUT2D eigenvalue weighted by molar-refractivity contribution is 5.98. The van der Waals surface area contributed by atoms with Gasteiger partial charge in [0.2, 0.25) is 11.8 Å². The minimum Gasteiger partial charge on any atom is -0.465 e. The number of likely N-dealkylation sites (tertiary alicyclic amines) is 1. The lowest BCUT2D eigenvalue weighted by atomic mass is 9.70. The Bertz CT molecular complexity index is 866. The summed E-state index contributed by atoms with van der Waals surface area (Å²) in [6.07, 6.45) is 12.4. The van der Waals surface area contributed by atoms with E-state index in [0.717, 1.165) is 51.4 Å². The Balaban J connectivity index is 1.64. The average molecular weight is 517 g/mol. The number of carbonyl (C=O) groups is 3. The van der Waals surface area contributed by atoms with E-state index in [4.69, 9.17) is 9.47 Å². The zero-order chi connectivity index (χ0) is 26.6. The van der Waals surface area contributed by atoms with Crippen LogP contribution < -0.4 is 0 Å². The number of amides is 2. The molecule has 1 N–H and O–H groups in total. The Morgan fingerprint density at radius 3 is 2.62 bits per heavy atom. The van der Waals surface area contributed by atoms with Gasteiger partial charge < -0.3 is 24.4 Å². The van der Waals surface area contributed by atoms with Crippen molar-refractivity contribution in [1.82, 2.24) is 9.80 Å².